The van der Waals surface area contributed by atoms with E-state index in [0.717, 1.165) is 41.4 Å². The third-order valence-electron chi connectivity index (χ3n) is 5.84. The number of carbonyl (C=O) groups excluding carboxylic acids is 2. The summed E-state index contributed by atoms with van der Waals surface area (Å²) in [5.41, 5.74) is -1.61. The van der Waals surface area contributed by atoms with Crippen LogP contribution in [0.5, 0.6) is 11.8 Å². The van der Waals surface area contributed by atoms with Gasteiger partial charge in [0.1, 0.15) is 17.1 Å². The zero-order chi connectivity index (χ0) is 29.8. The summed E-state index contributed by atoms with van der Waals surface area (Å²) >= 11 is 0. The molecular weight excluding hydrogens is 542 g/mol. The van der Waals surface area contributed by atoms with Crippen molar-refractivity contribution >= 4 is 11.8 Å². The second-order valence-electron chi connectivity index (χ2n) is 8.83. The second-order valence-corrected chi connectivity index (χ2v) is 8.83. The highest BCUT2D eigenvalue weighted by molar-refractivity contribution is 6.09. The van der Waals surface area contributed by atoms with Crippen molar-refractivity contribution in [3.63, 3.8) is 0 Å². The van der Waals surface area contributed by atoms with Crippen molar-refractivity contribution in [3.05, 3.63) is 82.5 Å². The van der Waals surface area contributed by atoms with E-state index in [0.29, 0.717) is 12.0 Å². The number of nitrogens with zero attached hydrogens (tertiary/aromatic N) is 4. The molecule has 1 aromatic carbocycles. The maximum absolute atomic E-state index is 13.7. The molecule has 3 rings (SSSR count). The van der Waals surface area contributed by atoms with Crippen molar-refractivity contribution in [1.82, 2.24) is 19.4 Å². The molecule has 0 spiro atoms. The summed E-state index contributed by atoms with van der Waals surface area (Å²) in [4.78, 5) is 35.3. The molecule has 0 unspecified atom stereocenters. The first kappa shape index (κ1) is 30.4. The van der Waals surface area contributed by atoms with Crippen LogP contribution in [0.3, 0.4) is 0 Å². The zero-order valence-corrected chi connectivity index (χ0v) is 22.0. The molecule has 7 nitrogen and oxygen atoms in total. The van der Waals surface area contributed by atoms with Crippen molar-refractivity contribution in [2.24, 2.45) is 0 Å². The van der Waals surface area contributed by atoms with Crippen LogP contribution in [0, 0.1) is 6.92 Å². The van der Waals surface area contributed by atoms with Gasteiger partial charge < -0.3 is 4.74 Å². The summed E-state index contributed by atoms with van der Waals surface area (Å²) in [6, 6.07) is 5.59. The fourth-order valence-corrected chi connectivity index (χ4v) is 3.74. The van der Waals surface area contributed by atoms with Gasteiger partial charge in [-0.1, -0.05) is 25.1 Å². The Bertz CT molecular complexity index is 1410. The number of hydrogen-bond acceptors (Lipinski definition) is 5. The minimum Gasteiger partial charge on any atom is -0.425 e. The van der Waals surface area contributed by atoms with Crippen molar-refractivity contribution in [2.75, 3.05) is 6.54 Å². The minimum absolute atomic E-state index is 0.0547. The number of pyridine rings is 1. The Morgan fingerprint density at radius 2 is 1.77 bits per heavy atom. The van der Waals surface area contributed by atoms with Gasteiger partial charge in [-0.05, 0) is 57.0 Å². The van der Waals surface area contributed by atoms with Crippen LogP contribution in [-0.4, -0.2) is 37.8 Å². The van der Waals surface area contributed by atoms with Crippen LogP contribution in [0.15, 0.2) is 54.2 Å². The van der Waals surface area contributed by atoms with E-state index in [1.165, 1.54) is 17.6 Å². The first-order valence-corrected chi connectivity index (χ1v) is 12.1. The number of imidazole rings is 1. The number of imide groups is 1. The highest BCUT2D eigenvalue weighted by atomic mass is 19.4. The predicted molar refractivity (Wildman–Crippen MR) is 133 cm³/mol. The average Bonchev–Trinajstić information content (AvgIpc) is 3.19. The van der Waals surface area contributed by atoms with Gasteiger partial charge in [0.2, 0.25) is 0 Å². The van der Waals surface area contributed by atoms with E-state index >= 15 is 0 Å². The molecule has 0 saturated heterocycles. The van der Waals surface area contributed by atoms with Gasteiger partial charge in [0.15, 0.2) is 0 Å². The number of aromatic nitrogens is 3. The predicted octanol–water partition coefficient (Wildman–Crippen LogP) is 6.81. The minimum atomic E-state index is -4.67. The number of benzene rings is 1. The van der Waals surface area contributed by atoms with Crippen molar-refractivity contribution in [1.29, 1.82) is 0 Å². The molecule has 13 heteroatoms. The van der Waals surface area contributed by atoms with Crippen molar-refractivity contribution in [2.45, 2.75) is 53.0 Å². The van der Waals surface area contributed by atoms with E-state index in [2.05, 4.69) is 9.97 Å². The Morgan fingerprint density at radius 3 is 2.33 bits per heavy atom. The van der Waals surface area contributed by atoms with Crippen LogP contribution in [-0.2, 0) is 23.7 Å². The normalized spacial score (nSPS) is 12.4. The lowest BCUT2D eigenvalue weighted by Crippen LogP contribution is -2.39. The first-order valence-electron chi connectivity index (χ1n) is 12.1. The molecule has 0 bridgehead atoms. The topological polar surface area (TPSA) is 77.3 Å². The van der Waals surface area contributed by atoms with Crippen LogP contribution in [0.1, 0.15) is 60.2 Å². The van der Waals surface area contributed by atoms with Crippen LogP contribution < -0.4 is 4.74 Å². The molecule has 2 heterocycles. The monoisotopic (exact) mass is 568 g/mol. The van der Waals surface area contributed by atoms with Gasteiger partial charge in [0, 0.05) is 18.3 Å². The Morgan fingerprint density at radius 1 is 1.07 bits per heavy atom. The largest absolute Gasteiger partial charge is 0.433 e. The van der Waals surface area contributed by atoms with Gasteiger partial charge in [-0.3, -0.25) is 24.0 Å². The summed E-state index contributed by atoms with van der Waals surface area (Å²) in [6.07, 6.45) is -6.39. The SMILES string of the molecule is C/C=C(/C)C(=O)N(CCC)C(=O)c1c(C)nc(Oc2cccc(C(F)(F)F)c2)n1Cc1ccc(C(F)(F)F)nc1. The number of hydrogen-bond donors (Lipinski definition) is 0. The van der Waals surface area contributed by atoms with E-state index in [4.69, 9.17) is 4.74 Å². The Kier molecular flexibility index (Phi) is 9.06. The number of amides is 2. The molecule has 0 aliphatic heterocycles. The highest BCUT2D eigenvalue weighted by Crippen LogP contribution is 2.34. The number of halogens is 6. The lowest BCUT2D eigenvalue weighted by molar-refractivity contribution is -0.141. The summed E-state index contributed by atoms with van der Waals surface area (Å²) in [5.74, 6) is -1.55. The van der Waals surface area contributed by atoms with Crippen LogP contribution in [0.4, 0.5) is 26.3 Å². The van der Waals surface area contributed by atoms with Gasteiger partial charge in [-0.2, -0.15) is 31.3 Å². The van der Waals surface area contributed by atoms with Gasteiger partial charge in [-0.15, -0.1) is 0 Å². The summed E-state index contributed by atoms with van der Waals surface area (Å²) in [5, 5.41) is 0. The van der Waals surface area contributed by atoms with E-state index in [1.54, 1.807) is 26.8 Å². The zero-order valence-electron chi connectivity index (χ0n) is 22.0. The van der Waals surface area contributed by atoms with E-state index in [-0.39, 0.29) is 41.8 Å². The Balaban J connectivity index is 2.13. The molecule has 0 aliphatic rings. The molecule has 0 fully saturated rings. The fourth-order valence-electron chi connectivity index (χ4n) is 3.74. The molecule has 0 radical (unpaired) electrons. The summed E-state index contributed by atoms with van der Waals surface area (Å²) in [6.45, 7) is 6.16. The summed E-state index contributed by atoms with van der Waals surface area (Å²) in [7, 11) is 0. The molecule has 0 aliphatic carbocycles. The van der Waals surface area contributed by atoms with Crippen LogP contribution in [0.25, 0.3) is 0 Å². The first-order chi connectivity index (χ1) is 18.7. The van der Waals surface area contributed by atoms with Gasteiger partial charge in [0.25, 0.3) is 11.8 Å². The number of carbonyl (C=O) groups is 2. The third-order valence-corrected chi connectivity index (χ3v) is 5.84. The molecule has 0 saturated carbocycles. The van der Waals surface area contributed by atoms with Gasteiger partial charge in [0.05, 0.1) is 17.8 Å². The molecule has 2 amide bonds. The summed E-state index contributed by atoms with van der Waals surface area (Å²) < 4.78 is 85.6. The van der Waals surface area contributed by atoms with Gasteiger partial charge >= 0.3 is 18.4 Å². The lowest BCUT2D eigenvalue weighted by atomic mass is 10.2. The van der Waals surface area contributed by atoms with Gasteiger partial charge in [-0.25, -0.2) is 0 Å². The molecule has 0 N–H and O–H groups in total. The highest BCUT2D eigenvalue weighted by Gasteiger charge is 2.34. The standard InChI is InChI=1S/C27H26F6N4O3/c1-5-12-36(23(38)16(3)6-2)24(39)22-17(4)35-25(40-20-9-7-8-19(13-20)26(28,29)30)37(22)15-18-10-11-21(34-14-18)27(31,32)33/h6-11,13-14H,5,12,15H2,1-4H3/b16-6-. The number of alkyl halides is 6. The molecule has 3 aromatic rings. The van der Waals surface area contributed by atoms with Crippen LogP contribution >= 0.6 is 0 Å². The molecule has 40 heavy (non-hydrogen) atoms. The number of aryl methyl sites for hydroxylation is 1. The molecular formula is C27H26F6N4O3. The Labute approximate surface area is 226 Å². The lowest BCUT2D eigenvalue weighted by Gasteiger charge is -2.22. The molecule has 214 valence electrons. The Hall–Kier alpha value is -4.16. The van der Waals surface area contributed by atoms with Crippen molar-refractivity contribution in [3.8, 4) is 11.8 Å². The smallest absolute Gasteiger partial charge is 0.425 e. The maximum Gasteiger partial charge on any atom is 0.433 e. The number of allylic oxidation sites excluding steroid dienone is 1. The second kappa shape index (κ2) is 11.9. The quantitative estimate of drug-likeness (QED) is 0.220. The van der Waals surface area contributed by atoms with Crippen LogP contribution in [0.2, 0.25) is 0 Å². The van der Waals surface area contributed by atoms with E-state index < -0.39 is 35.4 Å². The molecule has 2 aromatic heterocycles. The molecule has 0 atom stereocenters. The van der Waals surface area contributed by atoms with E-state index in [9.17, 15) is 35.9 Å². The average molecular weight is 569 g/mol. The third kappa shape index (κ3) is 6.88. The maximum atomic E-state index is 13.7. The number of rotatable bonds is 8. The fraction of sp³-hybridized carbons (Fsp3) is 0.333. The van der Waals surface area contributed by atoms with E-state index in [1.807, 2.05) is 0 Å². The van der Waals surface area contributed by atoms with Crippen molar-refractivity contribution < 1.29 is 40.7 Å². The number of ether oxygens (including phenoxy) is 1.